The molecule has 2 aliphatic heterocycles. The lowest BCUT2D eigenvalue weighted by Gasteiger charge is -2.36. The average molecular weight is 393 g/mol. The Morgan fingerprint density at radius 1 is 1.07 bits per heavy atom. The molecule has 1 amide bonds. The molecule has 7 heteroatoms. The molecule has 150 valence electrons. The lowest BCUT2D eigenvalue weighted by molar-refractivity contribution is 0.0741. The lowest BCUT2D eigenvalue weighted by Crippen LogP contribution is -2.49. The maximum atomic E-state index is 13.0. The second kappa shape index (κ2) is 7.24. The van der Waals surface area contributed by atoms with Crippen LogP contribution in [-0.2, 0) is 0 Å². The predicted molar refractivity (Wildman–Crippen MR) is 110 cm³/mol. The Hall–Kier alpha value is -3.35. The maximum absolute atomic E-state index is 13.0. The summed E-state index contributed by atoms with van der Waals surface area (Å²) in [6.07, 6.45) is 0. The Labute approximate surface area is 168 Å². The van der Waals surface area contributed by atoms with Crippen LogP contribution in [0.2, 0.25) is 0 Å². The molecule has 3 heterocycles. The molecule has 0 unspecified atom stereocenters. The number of aromatic nitrogens is 1. The van der Waals surface area contributed by atoms with Gasteiger partial charge in [0.25, 0.3) is 5.91 Å². The van der Waals surface area contributed by atoms with E-state index in [0.29, 0.717) is 31.1 Å². The summed E-state index contributed by atoms with van der Waals surface area (Å²) in [6.45, 7) is 5.73. The summed E-state index contributed by atoms with van der Waals surface area (Å²) in [4.78, 5) is 20.4. The van der Waals surface area contributed by atoms with Crippen LogP contribution < -0.4 is 19.1 Å². The van der Waals surface area contributed by atoms with Crippen molar-refractivity contribution in [2.24, 2.45) is 0 Å². The number of rotatable bonds is 4. The molecule has 2 aliphatic rings. The minimum Gasteiger partial charge on any atom is -0.492 e. The fourth-order valence-electron chi connectivity index (χ4n) is 3.95. The van der Waals surface area contributed by atoms with Crippen molar-refractivity contribution in [3.8, 4) is 17.2 Å². The fraction of sp³-hybridized carbons (Fsp3) is 0.318. The van der Waals surface area contributed by atoms with Gasteiger partial charge in [-0.3, -0.25) is 4.79 Å². The van der Waals surface area contributed by atoms with Gasteiger partial charge in [0, 0.05) is 43.1 Å². The van der Waals surface area contributed by atoms with E-state index < -0.39 is 0 Å². The molecule has 0 bridgehead atoms. The molecule has 0 saturated carbocycles. The molecule has 5 rings (SSSR count). The van der Waals surface area contributed by atoms with Gasteiger partial charge in [-0.05, 0) is 31.2 Å². The number of H-pyrrole nitrogens is 1. The van der Waals surface area contributed by atoms with E-state index in [1.54, 1.807) is 0 Å². The Kier molecular flexibility index (Phi) is 4.42. The first-order valence-electron chi connectivity index (χ1n) is 9.91. The molecule has 1 fully saturated rings. The zero-order valence-electron chi connectivity index (χ0n) is 16.3. The summed E-state index contributed by atoms with van der Waals surface area (Å²) >= 11 is 0. The number of carbonyl (C=O) groups is 1. The van der Waals surface area contributed by atoms with Gasteiger partial charge < -0.3 is 29.0 Å². The summed E-state index contributed by atoms with van der Waals surface area (Å²) in [6, 6.07) is 13.7. The van der Waals surface area contributed by atoms with E-state index in [0.717, 1.165) is 41.2 Å². The number of amides is 1. The maximum Gasteiger partial charge on any atom is 0.270 e. The molecule has 0 atom stereocenters. The molecule has 0 radical (unpaired) electrons. The summed E-state index contributed by atoms with van der Waals surface area (Å²) in [5, 5.41) is 0.946. The van der Waals surface area contributed by atoms with Crippen molar-refractivity contribution >= 4 is 22.5 Å². The van der Waals surface area contributed by atoms with Gasteiger partial charge in [-0.25, -0.2) is 0 Å². The first-order valence-corrected chi connectivity index (χ1v) is 9.91. The van der Waals surface area contributed by atoms with Gasteiger partial charge in [0.15, 0.2) is 11.5 Å². The number of nitrogens with zero attached hydrogens (tertiary/aromatic N) is 2. The number of fused-ring (bicyclic) bond motifs is 2. The van der Waals surface area contributed by atoms with Crippen molar-refractivity contribution in [2.45, 2.75) is 6.92 Å². The molecular weight excluding hydrogens is 370 g/mol. The minimum absolute atomic E-state index is 0.0148. The molecule has 3 aromatic rings. The number of ether oxygens (including phenoxy) is 3. The molecule has 2 aromatic carbocycles. The van der Waals surface area contributed by atoms with Crippen LogP contribution in [0.1, 0.15) is 17.4 Å². The molecule has 0 aliphatic carbocycles. The third-order valence-corrected chi connectivity index (χ3v) is 5.42. The van der Waals surface area contributed by atoms with Crippen molar-refractivity contribution < 1.29 is 19.0 Å². The molecule has 7 nitrogen and oxygen atoms in total. The van der Waals surface area contributed by atoms with E-state index in [-0.39, 0.29) is 12.7 Å². The summed E-state index contributed by atoms with van der Waals surface area (Å²) < 4.78 is 16.6. The van der Waals surface area contributed by atoms with Crippen LogP contribution in [-0.4, -0.2) is 55.4 Å². The number of hydrogen-bond donors (Lipinski definition) is 1. The number of aromatic amines is 1. The van der Waals surface area contributed by atoms with E-state index in [1.807, 2.05) is 48.2 Å². The Bertz CT molecular complexity index is 1010. The van der Waals surface area contributed by atoms with Gasteiger partial charge in [-0.15, -0.1) is 0 Å². The number of piperazine rings is 1. The number of benzene rings is 2. The number of anilines is 1. The zero-order valence-corrected chi connectivity index (χ0v) is 16.3. The highest BCUT2D eigenvalue weighted by atomic mass is 16.7. The highest BCUT2D eigenvalue weighted by Gasteiger charge is 2.25. The number of carbonyl (C=O) groups excluding carboxylic acids is 1. The Morgan fingerprint density at radius 2 is 1.83 bits per heavy atom. The van der Waals surface area contributed by atoms with Crippen LogP contribution >= 0.6 is 0 Å². The number of para-hydroxylation sites is 2. The van der Waals surface area contributed by atoms with Crippen molar-refractivity contribution in [2.75, 3.05) is 44.5 Å². The van der Waals surface area contributed by atoms with Crippen LogP contribution in [0.15, 0.2) is 42.5 Å². The zero-order chi connectivity index (χ0) is 19.8. The second-order valence-corrected chi connectivity index (χ2v) is 7.16. The van der Waals surface area contributed by atoms with E-state index in [1.165, 1.54) is 0 Å². The lowest BCUT2D eigenvalue weighted by atomic mass is 10.2. The first kappa shape index (κ1) is 17.7. The van der Waals surface area contributed by atoms with Crippen molar-refractivity contribution in [1.29, 1.82) is 0 Å². The second-order valence-electron chi connectivity index (χ2n) is 7.16. The van der Waals surface area contributed by atoms with Gasteiger partial charge in [0.05, 0.1) is 12.3 Å². The molecule has 29 heavy (non-hydrogen) atoms. The Balaban J connectivity index is 1.30. The van der Waals surface area contributed by atoms with Crippen LogP contribution in [0.25, 0.3) is 10.9 Å². The van der Waals surface area contributed by atoms with Gasteiger partial charge in [0.1, 0.15) is 11.4 Å². The third kappa shape index (κ3) is 3.22. The predicted octanol–water partition coefficient (Wildman–Crippen LogP) is 3.26. The van der Waals surface area contributed by atoms with Crippen LogP contribution in [0.4, 0.5) is 5.69 Å². The monoisotopic (exact) mass is 393 g/mol. The molecule has 1 aromatic heterocycles. The highest BCUT2D eigenvalue weighted by Crippen LogP contribution is 2.36. The summed E-state index contributed by atoms with van der Waals surface area (Å²) in [5.74, 6) is 2.33. The van der Waals surface area contributed by atoms with Gasteiger partial charge in [-0.1, -0.05) is 12.1 Å². The molecule has 0 spiro atoms. The quantitative estimate of drug-likeness (QED) is 0.737. The van der Waals surface area contributed by atoms with E-state index in [2.05, 4.69) is 16.0 Å². The van der Waals surface area contributed by atoms with Crippen LogP contribution in [0, 0.1) is 0 Å². The van der Waals surface area contributed by atoms with Gasteiger partial charge in [0.2, 0.25) is 6.79 Å². The minimum atomic E-state index is 0.0148. The topological polar surface area (TPSA) is 67.0 Å². The van der Waals surface area contributed by atoms with E-state index in [9.17, 15) is 4.79 Å². The Morgan fingerprint density at radius 3 is 2.62 bits per heavy atom. The molecule has 1 N–H and O–H groups in total. The van der Waals surface area contributed by atoms with E-state index >= 15 is 0 Å². The van der Waals surface area contributed by atoms with Crippen molar-refractivity contribution in [3.05, 3.63) is 48.2 Å². The fourth-order valence-corrected chi connectivity index (χ4v) is 3.95. The van der Waals surface area contributed by atoms with Gasteiger partial charge in [-0.2, -0.15) is 0 Å². The van der Waals surface area contributed by atoms with Crippen molar-refractivity contribution in [3.63, 3.8) is 0 Å². The largest absolute Gasteiger partial charge is 0.492 e. The summed E-state index contributed by atoms with van der Waals surface area (Å²) in [5.41, 5.74) is 2.55. The normalized spacial score (nSPS) is 15.8. The smallest absolute Gasteiger partial charge is 0.270 e. The molecule has 1 saturated heterocycles. The standard InChI is InChI=1S/C22H23N3O4/c1-2-27-19-6-4-3-5-18(19)24-7-9-25(10-8-24)22(26)17-11-15-12-20-21(29-14-28-20)13-16(15)23-17/h3-6,11-13,23H,2,7-10,14H2,1H3. The van der Waals surface area contributed by atoms with Gasteiger partial charge >= 0.3 is 0 Å². The SMILES string of the molecule is CCOc1ccccc1N1CCN(C(=O)c2cc3cc4c(cc3[nH]2)OCO4)CC1. The van der Waals surface area contributed by atoms with Crippen LogP contribution in [0.3, 0.4) is 0 Å². The number of nitrogens with one attached hydrogen (secondary N) is 1. The number of hydrogen-bond acceptors (Lipinski definition) is 5. The van der Waals surface area contributed by atoms with Crippen LogP contribution in [0.5, 0.6) is 17.2 Å². The first-order chi connectivity index (χ1) is 14.2. The highest BCUT2D eigenvalue weighted by molar-refractivity contribution is 5.99. The summed E-state index contributed by atoms with van der Waals surface area (Å²) in [7, 11) is 0. The average Bonchev–Trinajstić information content (AvgIpc) is 3.38. The third-order valence-electron chi connectivity index (χ3n) is 5.42. The molecular formula is C22H23N3O4. The van der Waals surface area contributed by atoms with Crippen molar-refractivity contribution in [1.82, 2.24) is 9.88 Å². The van der Waals surface area contributed by atoms with E-state index in [4.69, 9.17) is 14.2 Å².